The molecule has 0 radical (unpaired) electrons. The third kappa shape index (κ3) is 6.39. The van der Waals surface area contributed by atoms with E-state index in [9.17, 15) is 0 Å². The number of thioether (sulfide) groups is 1. The average molecular weight is 551 g/mol. The number of benzene rings is 1. The number of nitrogens with two attached hydrogens (primary N) is 1. The SMILES string of the molecule is COc1ccc(NC(N)=NCCCc2nnc(SC)n2C2CCCC2)cc1Cl.I. The number of hydrogen-bond acceptors (Lipinski definition) is 5. The summed E-state index contributed by atoms with van der Waals surface area (Å²) in [5.41, 5.74) is 6.76. The molecule has 0 bridgehead atoms. The molecule has 0 atom stereocenters. The molecule has 0 amide bonds. The van der Waals surface area contributed by atoms with Gasteiger partial charge in [-0.05, 0) is 43.7 Å². The van der Waals surface area contributed by atoms with E-state index in [0.29, 0.717) is 29.3 Å². The van der Waals surface area contributed by atoms with Crippen LogP contribution in [0.5, 0.6) is 5.75 Å². The molecule has 1 saturated carbocycles. The van der Waals surface area contributed by atoms with E-state index in [1.807, 2.05) is 6.07 Å². The highest BCUT2D eigenvalue weighted by molar-refractivity contribution is 14.0. The molecule has 29 heavy (non-hydrogen) atoms. The van der Waals surface area contributed by atoms with Gasteiger partial charge in [0, 0.05) is 24.7 Å². The molecule has 3 rings (SSSR count). The summed E-state index contributed by atoms with van der Waals surface area (Å²) in [7, 11) is 1.58. The van der Waals surface area contributed by atoms with Crippen molar-refractivity contribution in [3.05, 3.63) is 29.0 Å². The van der Waals surface area contributed by atoms with Crippen LogP contribution in [0.4, 0.5) is 5.69 Å². The number of nitrogens with one attached hydrogen (secondary N) is 1. The first kappa shape index (κ1) is 24.1. The van der Waals surface area contributed by atoms with Crippen LogP contribution < -0.4 is 15.8 Å². The number of ether oxygens (including phenoxy) is 1. The van der Waals surface area contributed by atoms with Crippen molar-refractivity contribution in [2.75, 3.05) is 25.2 Å². The summed E-state index contributed by atoms with van der Waals surface area (Å²) in [5.74, 6) is 2.04. The molecule has 1 aromatic carbocycles. The lowest BCUT2D eigenvalue weighted by molar-refractivity contribution is 0.415. The molecule has 2 aromatic rings. The summed E-state index contributed by atoms with van der Waals surface area (Å²) >= 11 is 7.79. The molecule has 10 heteroatoms. The van der Waals surface area contributed by atoms with E-state index >= 15 is 0 Å². The first-order valence-corrected chi connectivity index (χ1v) is 11.1. The smallest absolute Gasteiger partial charge is 0.193 e. The van der Waals surface area contributed by atoms with Gasteiger partial charge in [0.15, 0.2) is 11.1 Å². The Bertz CT molecular complexity index is 825. The Morgan fingerprint density at radius 1 is 1.38 bits per heavy atom. The van der Waals surface area contributed by atoms with Gasteiger partial charge in [-0.15, -0.1) is 34.2 Å². The first-order valence-electron chi connectivity index (χ1n) is 9.50. The van der Waals surface area contributed by atoms with Crippen LogP contribution in [-0.4, -0.2) is 40.6 Å². The zero-order valence-electron chi connectivity index (χ0n) is 16.7. The van der Waals surface area contributed by atoms with Gasteiger partial charge in [0.05, 0.1) is 12.1 Å². The van der Waals surface area contributed by atoms with Crippen LogP contribution >= 0.6 is 47.3 Å². The third-order valence-electron chi connectivity index (χ3n) is 4.87. The van der Waals surface area contributed by atoms with Crippen LogP contribution in [0.3, 0.4) is 0 Å². The summed E-state index contributed by atoms with van der Waals surface area (Å²) in [6.45, 7) is 0.620. The lowest BCUT2D eigenvalue weighted by atomic mass is 10.2. The average Bonchev–Trinajstić information content (AvgIpc) is 3.34. The van der Waals surface area contributed by atoms with Crippen molar-refractivity contribution in [3.8, 4) is 5.75 Å². The van der Waals surface area contributed by atoms with E-state index in [1.54, 1.807) is 31.0 Å². The number of aromatic nitrogens is 3. The molecule has 160 valence electrons. The summed E-state index contributed by atoms with van der Waals surface area (Å²) in [6, 6.07) is 5.94. The number of rotatable bonds is 8. The second-order valence-electron chi connectivity index (χ2n) is 6.76. The van der Waals surface area contributed by atoms with Crippen LogP contribution in [0.15, 0.2) is 28.3 Å². The van der Waals surface area contributed by atoms with E-state index in [-0.39, 0.29) is 24.0 Å². The van der Waals surface area contributed by atoms with Gasteiger partial charge < -0.3 is 20.4 Å². The summed E-state index contributed by atoms with van der Waals surface area (Å²) < 4.78 is 7.48. The summed E-state index contributed by atoms with van der Waals surface area (Å²) in [5, 5.41) is 13.4. The number of guanidine groups is 1. The molecule has 1 aliphatic rings. The largest absolute Gasteiger partial charge is 0.495 e. The maximum Gasteiger partial charge on any atom is 0.193 e. The van der Waals surface area contributed by atoms with Gasteiger partial charge in [-0.25, -0.2) is 0 Å². The van der Waals surface area contributed by atoms with Crippen molar-refractivity contribution >= 4 is 59.0 Å². The van der Waals surface area contributed by atoms with Gasteiger partial charge in [-0.1, -0.05) is 36.2 Å². The number of anilines is 1. The highest BCUT2D eigenvalue weighted by atomic mass is 127. The molecule has 7 nitrogen and oxygen atoms in total. The lowest BCUT2D eigenvalue weighted by Crippen LogP contribution is -2.23. The monoisotopic (exact) mass is 550 g/mol. The maximum absolute atomic E-state index is 6.13. The van der Waals surface area contributed by atoms with Gasteiger partial charge in [0.25, 0.3) is 0 Å². The highest BCUT2D eigenvalue weighted by Crippen LogP contribution is 2.33. The Labute approximate surface area is 198 Å². The molecule has 1 fully saturated rings. The van der Waals surface area contributed by atoms with Gasteiger partial charge in [-0.2, -0.15) is 0 Å². The van der Waals surface area contributed by atoms with Crippen molar-refractivity contribution < 1.29 is 4.74 Å². The topological polar surface area (TPSA) is 90.3 Å². The fourth-order valence-electron chi connectivity index (χ4n) is 3.51. The van der Waals surface area contributed by atoms with Gasteiger partial charge in [0.2, 0.25) is 0 Å². The van der Waals surface area contributed by atoms with Gasteiger partial charge in [-0.3, -0.25) is 4.99 Å². The second-order valence-corrected chi connectivity index (χ2v) is 7.94. The minimum Gasteiger partial charge on any atom is -0.495 e. The predicted octanol–water partition coefficient (Wildman–Crippen LogP) is 4.75. The molecule has 0 saturated heterocycles. The van der Waals surface area contributed by atoms with Crippen LogP contribution in [0.1, 0.15) is 44.0 Å². The second kappa shape index (κ2) is 11.8. The van der Waals surface area contributed by atoms with E-state index in [0.717, 1.165) is 29.5 Å². The standard InChI is InChI=1S/C19H27ClN6OS.HI/c1-27-16-10-9-13(12-15(16)20)23-18(21)22-11-5-8-17-24-25-19(28-2)26(17)14-6-3-4-7-14;/h9-10,12,14H,3-8,11H2,1-2H3,(H3,21,22,23);1H. The number of methoxy groups -OCH3 is 1. The van der Waals surface area contributed by atoms with Crippen LogP contribution in [0.2, 0.25) is 5.02 Å². The predicted molar refractivity (Wildman–Crippen MR) is 131 cm³/mol. The zero-order valence-corrected chi connectivity index (χ0v) is 20.6. The van der Waals surface area contributed by atoms with Crippen molar-refractivity contribution in [2.45, 2.75) is 49.7 Å². The third-order valence-corrected chi connectivity index (χ3v) is 5.81. The highest BCUT2D eigenvalue weighted by Gasteiger charge is 2.23. The molecular formula is C19H28ClIN6OS. The fraction of sp³-hybridized carbons (Fsp3) is 0.526. The van der Waals surface area contributed by atoms with Gasteiger partial charge >= 0.3 is 0 Å². The van der Waals surface area contributed by atoms with Crippen molar-refractivity contribution in [3.63, 3.8) is 0 Å². The lowest BCUT2D eigenvalue weighted by Gasteiger charge is -2.16. The Hall–Kier alpha value is -1.20. The Morgan fingerprint density at radius 2 is 2.14 bits per heavy atom. The fourth-order valence-corrected chi connectivity index (χ4v) is 4.35. The summed E-state index contributed by atoms with van der Waals surface area (Å²) in [4.78, 5) is 4.41. The minimum atomic E-state index is 0. The quantitative estimate of drug-likeness (QED) is 0.162. The van der Waals surface area contributed by atoms with Crippen LogP contribution in [0, 0.1) is 0 Å². The first-order chi connectivity index (χ1) is 13.6. The molecule has 0 unspecified atom stereocenters. The Kier molecular flexibility index (Phi) is 9.84. The Balaban J connectivity index is 0.00000300. The van der Waals surface area contributed by atoms with Crippen molar-refractivity contribution in [1.29, 1.82) is 0 Å². The Morgan fingerprint density at radius 3 is 2.79 bits per heavy atom. The zero-order chi connectivity index (χ0) is 19.9. The van der Waals surface area contributed by atoms with Gasteiger partial charge in [0.1, 0.15) is 11.6 Å². The van der Waals surface area contributed by atoms with Crippen LogP contribution in [0.25, 0.3) is 0 Å². The molecule has 1 heterocycles. The van der Waals surface area contributed by atoms with E-state index in [2.05, 4.69) is 31.3 Å². The number of aliphatic imine (C=N–C) groups is 1. The normalized spacial score (nSPS) is 14.7. The maximum atomic E-state index is 6.13. The van der Waals surface area contributed by atoms with Crippen molar-refractivity contribution in [1.82, 2.24) is 14.8 Å². The summed E-state index contributed by atoms with van der Waals surface area (Å²) in [6.07, 6.45) is 8.79. The van der Waals surface area contributed by atoms with Crippen molar-refractivity contribution in [2.24, 2.45) is 10.7 Å². The number of hydrogen-bond donors (Lipinski definition) is 2. The van der Waals surface area contributed by atoms with E-state index in [4.69, 9.17) is 22.1 Å². The number of nitrogens with zero attached hydrogens (tertiary/aromatic N) is 4. The molecular weight excluding hydrogens is 523 g/mol. The van der Waals surface area contributed by atoms with E-state index < -0.39 is 0 Å². The molecule has 0 spiro atoms. The molecule has 3 N–H and O–H groups in total. The molecule has 0 aliphatic heterocycles. The minimum absolute atomic E-state index is 0. The number of aryl methyl sites for hydroxylation is 1. The molecule has 1 aliphatic carbocycles. The molecule has 1 aromatic heterocycles. The number of halogens is 2. The van der Waals surface area contributed by atoms with Crippen LogP contribution in [-0.2, 0) is 6.42 Å². The van der Waals surface area contributed by atoms with E-state index in [1.165, 1.54) is 25.7 Å².